The van der Waals surface area contributed by atoms with Gasteiger partial charge >= 0.3 is 0 Å². The van der Waals surface area contributed by atoms with Gasteiger partial charge < -0.3 is 5.43 Å². The van der Waals surface area contributed by atoms with E-state index in [-0.39, 0.29) is 0 Å². The number of hydrogen-bond acceptors (Lipinski definition) is 7. The fourth-order valence-electron chi connectivity index (χ4n) is 1.74. The molecule has 0 aliphatic heterocycles. The van der Waals surface area contributed by atoms with Crippen molar-refractivity contribution in [3.05, 3.63) is 54.2 Å². The summed E-state index contributed by atoms with van der Waals surface area (Å²) in [5.41, 5.74) is 4.51. The highest BCUT2D eigenvalue weighted by atomic mass is 32.2. The monoisotopic (exact) mass is 299 g/mol. The van der Waals surface area contributed by atoms with E-state index in [1.807, 2.05) is 42.5 Å². The summed E-state index contributed by atoms with van der Waals surface area (Å²) >= 11 is 1.55. The number of pyridine rings is 1. The van der Waals surface area contributed by atoms with Gasteiger partial charge in [0.1, 0.15) is 5.82 Å². The number of anilines is 1. The molecule has 0 amide bonds. The number of tetrazole rings is 1. The first-order valence-electron chi connectivity index (χ1n) is 6.25. The zero-order chi connectivity index (χ0) is 14.5. The van der Waals surface area contributed by atoms with E-state index < -0.39 is 0 Å². The molecule has 0 atom stereocenters. The van der Waals surface area contributed by atoms with Crippen LogP contribution in [0, 0.1) is 0 Å². The van der Waals surface area contributed by atoms with Crippen molar-refractivity contribution in [2.45, 2.75) is 10.9 Å². The van der Waals surface area contributed by atoms with Crippen LogP contribution in [0.2, 0.25) is 0 Å². The van der Waals surface area contributed by atoms with Crippen molar-refractivity contribution in [2.24, 2.45) is 5.84 Å². The smallest absolute Gasteiger partial charge is 0.214 e. The molecule has 21 heavy (non-hydrogen) atoms. The number of nitrogens with one attached hydrogen (secondary N) is 1. The molecule has 3 aromatic rings. The molecular weight excluding hydrogens is 286 g/mol. The molecule has 3 rings (SSSR count). The molecule has 3 N–H and O–H groups in total. The number of rotatable bonds is 5. The number of benzene rings is 1. The van der Waals surface area contributed by atoms with E-state index in [0.717, 1.165) is 22.2 Å². The average Bonchev–Trinajstić information content (AvgIpc) is 3.03. The summed E-state index contributed by atoms with van der Waals surface area (Å²) in [6, 6.07) is 13.6. The summed E-state index contributed by atoms with van der Waals surface area (Å²) in [4.78, 5) is 4.17. The van der Waals surface area contributed by atoms with Crippen LogP contribution < -0.4 is 11.3 Å². The first-order valence-corrected chi connectivity index (χ1v) is 7.23. The largest absolute Gasteiger partial charge is 0.308 e. The Balaban J connectivity index is 1.72. The molecular formula is C13H13N7S. The molecule has 7 nitrogen and oxygen atoms in total. The maximum absolute atomic E-state index is 5.29. The van der Waals surface area contributed by atoms with E-state index in [1.54, 1.807) is 22.6 Å². The van der Waals surface area contributed by atoms with Crippen LogP contribution in [0.4, 0.5) is 5.82 Å². The van der Waals surface area contributed by atoms with Gasteiger partial charge in [-0.05, 0) is 34.2 Å². The summed E-state index contributed by atoms with van der Waals surface area (Å²) in [6.07, 6.45) is 1.78. The van der Waals surface area contributed by atoms with Crippen molar-refractivity contribution in [3.63, 3.8) is 0 Å². The molecule has 0 radical (unpaired) electrons. The van der Waals surface area contributed by atoms with Crippen LogP contribution in [0.25, 0.3) is 5.69 Å². The molecule has 0 aliphatic carbocycles. The molecule has 2 aromatic heterocycles. The molecule has 2 heterocycles. The molecule has 0 bridgehead atoms. The van der Waals surface area contributed by atoms with Gasteiger partial charge in [-0.25, -0.2) is 10.8 Å². The zero-order valence-electron chi connectivity index (χ0n) is 11.0. The molecule has 0 aliphatic rings. The Morgan fingerprint density at radius 1 is 1.14 bits per heavy atom. The van der Waals surface area contributed by atoms with Crippen LogP contribution in [0.3, 0.4) is 0 Å². The van der Waals surface area contributed by atoms with E-state index >= 15 is 0 Å². The maximum atomic E-state index is 5.29. The number of nitrogens with two attached hydrogens (primary N) is 1. The molecule has 0 saturated heterocycles. The van der Waals surface area contributed by atoms with Gasteiger partial charge in [-0.1, -0.05) is 36.0 Å². The molecule has 0 unspecified atom stereocenters. The molecule has 0 fully saturated rings. The minimum atomic E-state index is 0.637. The van der Waals surface area contributed by atoms with Crippen LogP contribution in [-0.2, 0) is 5.75 Å². The Kier molecular flexibility index (Phi) is 4.08. The number of hydrogen-bond donors (Lipinski definition) is 2. The Labute approximate surface area is 125 Å². The second-order valence-electron chi connectivity index (χ2n) is 4.19. The van der Waals surface area contributed by atoms with E-state index in [1.165, 1.54) is 0 Å². The van der Waals surface area contributed by atoms with Crippen molar-refractivity contribution in [1.82, 2.24) is 25.2 Å². The Morgan fingerprint density at radius 2 is 2.00 bits per heavy atom. The van der Waals surface area contributed by atoms with E-state index in [4.69, 9.17) is 5.84 Å². The van der Waals surface area contributed by atoms with Crippen LogP contribution >= 0.6 is 11.8 Å². The fraction of sp³-hybridized carbons (Fsp3) is 0.0769. The predicted octanol–water partition coefficient (Wildman–Crippen LogP) is 1.64. The van der Waals surface area contributed by atoms with Gasteiger partial charge in [0.05, 0.1) is 5.69 Å². The van der Waals surface area contributed by atoms with Crippen molar-refractivity contribution in [2.75, 3.05) is 5.43 Å². The first-order chi connectivity index (χ1) is 10.4. The van der Waals surface area contributed by atoms with Crippen LogP contribution in [-0.4, -0.2) is 25.2 Å². The lowest BCUT2D eigenvalue weighted by Crippen LogP contribution is -2.08. The second kappa shape index (κ2) is 6.33. The fourth-order valence-corrected chi connectivity index (χ4v) is 2.57. The van der Waals surface area contributed by atoms with Gasteiger partial charge in [0.25, 0.3) is 0 Å². The van der Waals surface area contributed by atoms with Gasteiger partial charge in [0.15, 0.2) is 0 Å². The number of para-hydroxylation sites is 1. The molecule has 0 saturated carbocycles. The number of nitrogens with zero attached hydrogens (tertiary/aromatic N) is 5. The number of aromatic nitrogens is 5. The van der Waals surface area contributed by atoms with Crippen molar-refractivity contribution in [1.29, 1.82) is 0 Å². The van der Waals surface area contributed by atoms with Gasteiger partial charge in [-0.2, -0.15) is 4.68 Å². The summed E-state index contributed by atoms with van der Waals surface area (Å²) in [7, 11) is 0. The third kappa shape index (κ3) is 3.18. The zero-order valence-corrected chi connectivity index (χ0v) is 11.9. The summed E-state index contributed by atoms with van der Waals surface area (Å²) in [5, 5.41) is 12.5. The number of hydrazine groups is 1. The first kappa shape index (κ1) is 13.5. The van der Waals surface area contributed by atoms with E-state index in [9.17, 15) is 0 Å². The second-order valence-corrected chi connectivity index (χ2v) is 5.14. The molecule has 106 valence electrons. The highest BCUT2D eigenvalue weighted by Gasteiger charge is 2.08. The minimum absolute atomic E-state index is 0.637. The number of thioether (sulfide) groups is 1. The standard InChI is InChI=1S/C13H13N7S/c14-16-12-7-6-10(8-15-12)9-21-13-17-18-19-20(13)11-4-2-1-3-5-11/h1-8H,9,14H2,(H,15,16). The van der Waals surface area contributed by atoms with Crippen LogP contribution in [0.5, 0.6) is 0 Å². The van der Waals surface area contributed by atoms with Crippen molar-refractivity contribution < 1.29 is 0 Å². The highest BCUT2D eigenvalue weighted by Crippen LogP contribution is 2.22. The molecule has 0 spiro atoms. The van der Waals surface area contributed by atoms with Gasteiger partial charge in [-0.3, -0.25) is 0 Å². The molecule has 8 heteroatoms. The van der Waals surface area contributed by atoms with E-state index in [0.29, 0.717) is 5.82 Å². The minimum Gasteiger partial charge on any atom is -0.308 e. The lowest BCUT2D eigenvalue weighted by molar-refractivity contribution is 0.756. The Hall–Kier alpha value is -2.45. The van der Waals surface area contributed by atoms with Crippen molar-refractivity contribution >= 4 is 17.6 Å². The van der Waals surface area contributed by atoms with E-state index in [2.05, 4.69) is 25.9 Å². The topological polar surface area (TPSA) is 94.5 Å². The van der Waals surface area contributed by atoms with Crippen LogP contribution in [0.15, 0.2) is 53.8 Å². The quantitative estimate of drug-likeness (QED) is 0.420. The molecule has 1 aromatic carbocycles. The highest BCUT2D eigenvalue weighted by molar-refractivity contribution is 7.98. The van der Waals surface area contributed by atoms with Gasteiger partial charge in [0, 0.05) is 11.9 Å². The predicted molar refractivity (Wildman–Crippen MR) is 80.8 cm³/mol. The summed E-state index contributed by atoms with van der Waals surface area (Å²) < 4.78 is 1.72. The van der Waals surface area contributed by atoms with Crippen molar-refractivity contribution in [3.8, 4) is 5.69 Å². The summed E-state index contributed by atoms with van der Waals surface area (Å²) in [6.45, 7) is 0. The third-order valence-electron chi connectivity index (χ3n) is 2.78. The summed E-state index contributed by atoms with van der Waals surface area (Å²) in [5.74, 6) is 6.65. The lowest BCUT2D eigenvalue weighted by Gasteiger charge is -2.04. The maximum Gasteiger partial charge on any atom is 0.214 e. The average molecular weight is 299 g/mol. The van der Waals surface area contributed by atoms with Gasteiger partial charge in [-0.15, -0.1) is 5.10 Å². The lowest BCUT2D eigenvalue weighted by atomic mass is 10.3. The Morgan fingerprint density at radius 3 is 2.71 bits per heavy atom. The normalized spacial score (nSPS) is 10.5. The van der Waals surface area contributed by atoms with Gasteiger partial charge in [0.2, 0.25) is 5.16 Å². The SMILES string of the molecule is NNc1ccc(CSc2nnnn2-c2ccccc2)cn1. The Bertz CT molecular complexity index is 696. The third-order valence-corrected chi connectivity index (χ3v) is 3.77. The number of nitrogen functional groups attached to an aromatic ring is 1. The van der Waals surface area contributed by atoms with Crippen LogP contribution in [0.1, 0.15) is 5.56 Å².